The predicted octanol–water partition coefficient (Wildman–Crippen LogP) is 4.11. The quantitative estimate of drug-likeness (QED) is 0.330. The number of carbonyl (C=O) groups is 3. The zero-order valence-electron chi connectivity index (χ0n) is 22.1. The number of amides is 1. The number of fused-ring (bicyclic) bond motifs is 5. The number of nitrogens with one attached hydrogen (secondary N) is 1. The van der Waals surface area contributed by atoms with Crippen LogP contribution in [0.4, 0.5) is 0 Å². The smallest absolute Gasteiger partial charge is 0.266 e. The molecule has 0 aliphatic heterocycles. The summed E-state index contributed by atoms with van der Waals surface area (Å²) in [5.41, 5.74) is 0.122. The van der Waals surface area contributed by atoms with Crippen LogP contribution in [0.1, 0.15) is 85.5 Å². The second-order valence-electron chi connectivity index (χ2n) is 13.1. The Hall–Kier alpha value is -0.930. The second-order valence-corrected chi connectivity index (χ2v) is 15.6. The van der Waals surface area contributed by atoms with E-state index in [0.717, 1.165) is 32.1 Å². The van der Waals surface area contributed by atoms with Crippen molar-refractivity contribution in [3.8, 4) is 0 Å². The molecule has 9 atom stereocenters. The van der Waals surface area contributed by atoms with E-state index in [0.29, 0.717) is 55.0 Å². The molecule has 4 rings (SSSR count). The van der Waals surface area contributed by atoms with Gasteiger partial charge in [-0.15, -0.1) is 0 Å². The van der Waals surface area contributed by atoms with Crippen LogP contribution in [-0.2, 0) is 24.5 Å². The van der Waals surface area contributed by atoms with Crippen molar-refractivity contribution in [2.75, 3.05) is 12.3 Å². The molecule has 9 unspecified atom stereocenters. The number of ketones is 2. The van der Waals surface area contributed by atoms with Crippen molar-refractivity contribution in [3.05, 3.63) is 0 Å². The van der Waals surface area contributed by atoms with Crippen LogP contribution < -0.4 is 5.32 Å². The van der Waals surface area contributed by atoms with E-state index in [9.17, 15) is 22.8 Å². The molecule has 7 nitrogen and oxygen atoms in total. The number of carbonyl (C=O) groups excluding carboxylic acids is 3. The zero-order chi connectivity index (χ0) is 26.7. The molecular weight excluding hydrogens is 498 g/mol. The van der Waals surface area contributed by atoms with Crippen LogP contribution in [0, 0.1) is 46.3 Å². The summed E-state index contributed by atoms with van der Waals surface area (Å²) in [6.45, 7) is 8.49. The lowest BCUT2D eigenvalue weighted by molar-refractivity contribution is -0.159. The molecule has 0 radical (unpaired) electrons. The van der Waals surface area contributed by atoms with E-state index in [-0.39, 0.29) is 41.0 Å². The Morgan fingerprint density at radius 3 is 2.47 bits per heavy atom. The standard InChI is InChI=1S/C27H43NO6S2/c1-16(15-27(4,35)24(31)28-11-12-36(32,33)34)19-5-6-20-23-21(8-10-26(19,20)3)25(2)9-7-18(29)13-17(25)14-22(23)30/h16-17,19-21,23,35H,5-15H2,1-4H3,(H,28,31)(H,32,33,34). The lowest BCUT2D eigenvalue weighted by Crippen LogP contribution is -2.57. The molecule has 0 aromatic carbocycles. The fourth-order valence-corrected chi connectivity index (χ4v) is 9.77. The first-order valence-corrected chi connectivity index (χ1v) is 15.6. The van der Waals surface area contributed by atoms with Crippen LogP contribution in [0.5, 0.6) is 0 Å². The minimum Gasteiger partial charge on any atom is -0.354 e. The molecule has 0 bridgehead atoms. The summed E-state index contributed by atoms with van der Waals surface area (Å²) in [5, 5.41) is 2.59. The van der Waals surface area contributed by atoms with Crippen LogP contribution in [0.25, 0.3) is 0 Å². The fraction of sp³-hybridized carbons (Fsp3) is 0.889. The molecule has 0 spiro atoms. The number of Topliss-reactive ketones (excluding diaryl/α,β-unsaturated/α-hetero) is 2. The third kappa shape index (κ3) is 5.05. The maximum Gasteiger partial charge on any atom is 0.266 e. The van der Waals surface area contributed by atoms with E-state index in [4.69, 9.17) is 4.55 Å². The Labute approximate surface area is 221 Å². The predicted molar refractivity (Wildman–Crippen MR) is 141 cm³/mol. The molecule has 0 heterocycles. The molecule has 204 valence electrons. The highest BCUT2D eigenvalue weighted by Gasteiger charge is 2.63. The molecule has 2 N–H and O–H groups in total. The van der Waals surface area contributed by atoms with Crippen LogP contribution in [0.3, 0.4) is 0 Å². The lowest BCUT2D eigenvalue weighted by atomic mass is 9.44. The maximum atomic E-state index is 13.5. The van der Waals surface area contributed by atoms with Gasteiger partial charge in [-0.05, 0) is 85.9 Å². The van der Waals surface area contributed by atoms with Crippen molar-refractivity contribution in [1.82, 2.24) is 5.32 Å². The highest BCUT2D eigenvalue weighted by molar-refractivity contribution is 7.85. The summed E-state index contributed by atoms with van der Waals surface area (Å²) in [7, 11) is -4.14. The largest absolute Gasteiger partial charge is 0.354 e. The monoisotopic (exact) mass is 541 g/mol. The van der Waals surface area contributed by atoms with Gasteiger partial charge in [0.1, 0.15) is 11.6 Å². The third-order valence-corrected chi connectivity index (χ3v) is 12.0. The van der Waals surface area contributed by atoms with E-state index in [1.165, 1.54) is 0 Å². The second kappa shape index (κ2) is 9.67. The van der Waals surface area contributed by atoms with Crippen molar-refractivity contribution < 1.29 is 27.4 Å². The van der Waals surface area contributed by atoms with Gasteiger partial charge in [0.05, 0.1) is 10.5 Å². The zero-order valence-corrected chi connectivity index (χ0v) is 23.8. The molecule has 36 heavy (non-hydrogen) atoms. The number of thiol groups is 1. The molecule has 1 amide bonds. The van der Waals surface area contributed by atoms with Gasteiger partial charge in [0, 0.05) is 31.7 Å². The minimum atomic E-state index is -4.14. The lowest BCUT2D eigenvalue weighted by Gasteiger charge is -2.59. The Morgan fingerprint density at radius 1 is 1.14 bits per heavy atom. The summed E-state index contributed by atoms with van der Waals surface area (Å²) in [5.74, 6) is 1.43. The summed E-state index contributed by atoms with van der Waals surface area (Å²) >= 11 is 4.66. The highest BCUT2D eigenvalue weighted by Crippen LogP contribution is 2.67. The van der Waals surface area contributed by atoms with E-state index in [1.807, 2.05) is 0 Å². The van der Waals surface area contributed by atoms with Crippen molar-refractivity contribution in [2.45, 2.75) is 90.2 Å². The van der Waals surface area contributed by atoms with Gasteiger partial charge in [0.2, 0.25) is 5.91 Å². The van der Waals surface area contributed by atoms with Gasteiger partial charge >= 0.3 is 0 Å². The van der Waals surface area contributed by atoms with Gasteiger partial charge in [0.25, 0.3) is 10.1 Å². The van der Waals surface area contributed by atoms with Crippen LogP contribution in [-0.4, -0.2) is 47.5 Å². The Bertz CT molecular complexity index is 1030. The van der Waals surface area contributed by atoms with Gasteiger partial charge < -0.3 is 5.32 Å². The first kappa shape index (κ1) is 28.1. The van der Waals surface area contributed by atoms with Crippen LogP contribution in [0.2, 0.25) is 0 Å². The van der Waals surface area contributed by atoms with Crippen LogP contribution >= 0.6 is 12.6 Å². The van der Waals surface area contributed by atoms with Gasteiger partial charge in [-0.25, -0.2) is 0 Å². The number of hydrogen-bond acceptors (Lipinski definition) is 6. The summed E-state index contributed by atoms with van der Waals surface area (Å²) in [6, 6.07) is 0. The first-order chi connectivity index (χ1) is 16.6. The van der Waals surface area contributed by atoms with Gasteiger partial charge in [-0.1, -0.05) is 20.8 Å². The molecule has 0 aromatic heterocycles. The van der Waals surface area contributed by atoms with Gasteiger partial charge in [-0.3, -0.25) is 18.9 Å². The average molecular weight is 542 g/mol. The normalized spacial score (nSPS) is 41.0. The Morgan fingerprint density at radius 2 is 1.81 bits per heavy atom. The van der Waals surface area contributed by atoms with Crippen molar-refractivity contribution in [3.63, 3.8) is 0 Å². The van der Waals surface area contributed by atoms with E-state index >= 15 is 0 Å². The fourth-order valence-electron chi connectivity index (χ4n) is 9.04. The molecule has 4 fully saturated rings. The maximum absolute atomic E-state index is 13.5. The molecule has 4 saturated carbocycles. The summed E-state index contributed by atoms with van der Waals surface area (Å²) in [4.78, 5) is 38.5. The Kier molecular flexibility index (Phi) is 7.55. The molecular formula is C27H43NO6S2. The molecule has 0 saturated heterocycles. The third-order valence-electron chi connectivity index (χ3n) is 10.9. The molecule has 9 heteroatoms. The summed E-state index contributed by atoms with van der Waals surface area (Å²) < 4.78 is 29.9. The van der Waals surface area contributed by atoms with Gasteiger partial charge in [0.15, 0.2) is 0 Å². The summed E-state index contributed by atoms with van der Waals surface area (Å²) in [6.07, 6.45) is 7.40. The first-order valence-electron chi connectivity index (χ1n) is 13.6. The molecule has 4 aliphatic rings. The van der Waals surface area contributed by atoms with Crippen molar-refractivity contribution in [1.29, 1.82) is 0 Å². The minimum absolute atomic E-state index is 0.0369. The topological polar surface area (TPSA) is 118 Å². The number of rotatable bonds is 7. The van der Waals surface area contributed by atoms with E-state index < -0.39 is 20.6 Å². The van der Waals surface area contributed by atoms with Crippen molar-refractivity contribution >= 4 is 40.2 Å². The number of hydrogen-bond donors (Lipinski definition) is 3. The average Bonchev–Trinajstić information content (AvgIpc) is 3.11. The van der Waals surface area contributed by atoms with Crippen molar-refractivity contribution in [2.24, 2.45) is 46.3 Å². The molecule has 4 aliphatic carbocycles. The molecule has 0 aromatic rings. The van der Waals surface area contributed by atoms with E-state index in [1.54, 1.807) is 6.92 Å². The van der Waals surface area contributed by atoms with E-state index in [2.05, 4.69) is 38.7 Å². The van der Waals surface area contributed by atoms with Crippen LogP contribution in [0.15, 0.2) is 0 Å². The van der Waals surface area contributed by atoms with Gasteiger partial charge in [-0.2, -0.15) is 21.0 Å². The SMILES string of the molecule is CC(CC(C)(S)C(=O)NCCS(=O)(=O)O)C1CCC2C3C(=O)CC4CC(=O)CCC4(C)C3CCC12C. The Balaban J connectivity index is 1.46. The highest BCUT2D eigenvalue weighted by atomic mass is 32.2.